The summed E-state index contributed by atoms with van der Waals surface area (Å²) in [4.78, 5) is 7.06. The van der Waals surface area contributed by atoms with E-state index in [4.69, 9.17) is 4.42 Å². The van der Waals surface area contributed by atoms with Crippen LogP contribution in [0.5, 0.6) is 0 Å². The van der Waals surface area contributed by atoms with E-state index in [-0.39, 0.29) is 0 Å². The number of hydrogen-bond acceptors (Lipinski definition) is 3. The molecule has 0 aliphatic carbocycles. The summed E-state index contributed by atoms with van der Waals surface area (Å²) < 4.78 is 6.09. The normalized spacial score (nSPS) is 18.1. The van der Waals surface area contributed by atoms with Crippen LogP contribution in [-0.4, -0.2) is 16.4 Å². The highest BCUT2D eigenvalue weighted by Crippen LogP contribution is 2.33. The lowest BCUT2D eigenvalue weighted by Gasteiger charge is -2.21. The maximum Gasteiger partial charge on any atom is 0.211 e. The molecule has 24 heavy (non-hydrogen) atoms. The number of nitrogens with zero attached hydrogens (tertiary/aromatic N) is 2. The molecule has 0 bridgehead atoms. The number of likely N-dealkylation sites (tertiary alicyclic amines) is 1. The minimum atomic E-state index is 0.301. The van der Waals surface area contributed by atoms with E-state index in [9.17, 15) is 0 Å². The lowest BCUT2D eigenvalue weighted by Crippen LogP contribution is -2.22. The smallest absolute Gasteiger partial charge is 0.211 e. The van der Waals surface area contributed by atoms with Crippen LogP contribution in [0.3, 0.4) is 0 Å². The largest absolute Gasteiger partial charge is 0.444 e. The molecule has 0 radical (unpaired) electrons. The van der Waals surface area contributed by atoms with Crippen LogP contribution >= 0.6 is 0 Å². The first-order valence-electron chi connectivity index (χ1n) is 8.65. The number of rotatable bonds is 5. The third kappa shape index (κ3) is 3.41. The van der Waals surface area contributed by atoms with Crippen molar-refractivity contribution in [1.82, 2.24) is 9.88 Å². The molecule has 3 aromatic rings. The van der Waals surface area contributed by atoms with E-state index in [2.05, 4.69) is 64.5 Å². The Kier molecular flexibility index (Phi) is 4.43. The Labute approximate surface area is 143 Å². The Morgan fingerprint density at radius 3 is 2.42 bits per heavy atom. The second-order valence-electron chi connectivity index (χ2n) is 6.44. The Morgan fingerprint density at radius 2 is 1.67 bits per heavy atom. The van der Waals surface area contributed by atoms with Gasteiger partial charge in [0.05, 0.1) is 12.2 Å². The predicted molar refractivity (Wildman–Crippen MR) is 94.6 cm³/mol. The first kappa shape index (κ1) is 15.2. The molecule has 0 saturated carbocycles. The van der Waals surface area contributed by atoms with Crippen molar-refractivity contribution in [2.45, 2.75) is 31.8 Å². The zero-order valence-corrected chi connectivity index (χ0v) is 13.8. The monoisotopic (exact) mass is 318 g/mol. The number of oxazole rings is 1. The van der Waals surface area contributed by atoms with Gasteiger partial charge in [0.1, 0.15) is 5.76 Å². The molecule has 3 nitrogen and oxygen atoms in total. The van der Waals surface area contributed by atoms with Crippen molar-refractivity contribution in [3.63, 3.8) is 0 Å². The van der Waals surface area contributed by atoms with E-state index in [0.29, 0.717) is 6.04 Å². The van der Waals surface area contributed by atoms with Crippen LogP contribution in [0.2, 0.25) is 0 Å². The van der Waals surface area contributed by atoms with E-state index in [0.717, 1.165) is 37.6 Å². The van der Waals surface area contributed by atoms with E-state index >= 15 is 0 Å². The second-order valence-corrected chi connectivity index (χ2v) is 6.44. The summed E-state index contributed by atoms with van der Waals surface area (Å²) in [6.07, 6.45) is 5.02. The molecular weight excluding hydrogens is 296 g/mol. The van der Waals surface area contributed by atoms with Gasteiger partial charge >= 0.3 is 0 Å². The first-order chi connectivity index (χ1) is 11.9. The van der Waals surface area contributed by atoms with Crippen LogP contribution in [-0.2, 0) is 13.0 Å². The molecule has 3 heteroatoms. The molecule has 1 aliphatic rings. The maximum absolute atomic E-state index is 6.09. The van der Waals surface area contributed by atoms with Crippen molar-refractivity contribution in [3.05, 3.63) is 89.6 Å². The number of aromatic nitrogens is 1. The molecule has 122 valence electrons. The van der Waals surface area contributed by atoms with Gasteiger partial charge in [0.15, 0.2) is 0 Å². The summed E-state index contributed by atoms with van der Waals surface area (Å²) in [5.74, 6) is 1.82. The third-order valence-corrected chi connectivity index (χ3v) is 4.67. The Hall–Kier alpha value is -2.39. The van der Waals surface area contributed by atoms with E-state index in [1.165, 1.54) is 17.5 Å². The molecule has 1 atom stereocenters. The molecule has 2 heterocycles. The van der Waals surface area contributed by atoms with Gasteiger partial charge in [-0.15, -0.1) is 0 Å². The van der Waals surface area contributed by atoms with Gasteiger partial charge in [0.2, 0.25) is 5.89 Å². The van der Waals surface area contributed by atoms with Crippen LogP contribution in [0.25, 0.3) is 0 Å². The Morgan fingerprint density at radius 1 is 0.958 bits per heavy atom. The maximum atomic E-state index is 6.09. The molecular formula is C21H22N2O. The van der Waals surface area contributed by atoms with Gasteiger partial charge in [-0.2, -0.15) is 0 Å². The molecule has 1 saturated heterocycles. The van der Waals surface area contributed by atoms with Crippen molar-refractivity contribution in [1.29, 1.82) is 0 Å². The summed E-state index contributed by atoms with van der Waals surface area (Å²) in [6.45, 7) is 2.07. The van der Waals surface area contributed by atoms with Gasteiger partial charge in [-0.25, -0.2) is 4.98 Å². The fraction of sp³-hybridized carbons (Fsp3) is 0.286. The summed E-state index contributed by atoms with van der Waals surface area (Å²) in [5, 5.41) is 0. The van der Waals surface area contributed by atoms with Gasteiger partial charge in [0.25, 0.3) is 0 Å². The zero-order valence-electron chi connectivity index (χ0n) is 13.8. The summed E-state index contributed by atoms with van der Waals surface area (Å²) in [6, 6.07) is 21.3. The average Bonchev–Trinajstić information content (AvgIpc) is 3.26. The van der Waals surface area contributed by atoms with Gasteiger partial charge in [-0.05, 0) is 30.5 Å². The van der Waals surface area contributed by atoms with Crippen molar-refractivity contribution in [2.24, 2.45) is 0 Å². The molecule has 0 N–H and O–H groups in total. The van der Waals surface area contributed by atoms with Gasteiger partial charge < -0.3 is 4.42 Å². The fourth-order valence-electron chi connectivity index (χ4n) is 3.47. The summed E-state index contributed by atoms with van der Waals surface area (Å²) in [5.41, 5.74) is 2.60. The highest BCUT2D eigenvalue weighted by Gasteiger charge is 2.29. The third-order valence-electron chi connectivity index (χ3n) is 4.67. The van der Waals surface area contributed by atoms with Gasteiger partial charge in [-0.1, -0.05) is 60.7 Å². The van der Waals surface area contributed by atoms with E-state index in [1.807, 2.05) is 12.3 Å². The highest BCUT2D eigenvalue weighted by atomic mass is 16.4. The van der Waals surface area contributed by atoms with E-state index < -0.39 is 0 Å². The Balaban J connectivity index is 1.47. The van der Waals surface area contributed by atoms with Crippen LogP contribution in [0.4, 0.5) is 0 Å². The van der Waals surface area contributed by atoms with Crippen molar-refractivity contribution in [2.75, 3.05) is 6.54 Å². The predicted octanol–water partition coefficient (Wildman–Crippen LogP) is 4.60. The summed E-state index contributed by atoms with van der Waals surface area (Å²) >= 11 is 0. The van der Waals surface area contributed by atoms with Crippen LogP contribution in [0.15, 0.2) is 71.3 Å². The molecule has 1 aromatic heterocycles. The molecule has 4 rings (SSSR count). The molecule has 0 unspecified atom stereocenters. The lowest BCUT2D eigenvalue weighted by molar-refractivity contribution is 0.212. The summed E-state index contributed by atoms with van der Waals surface area (Å²) in [7, 11) is 0. The van der Waals surface area contributed by atoms with Crippen LogP contribution in [0.1, 0.15) is 41.7 Å². The quantitative estimate of drug-likeness (QED) is 0.688. The van der Waals surface area contributed by atoms with Gasteiger partial charge in [0, 0.05) is 13.0 Å². The highest BCUT2D eigenvalue weighted by molar-refractivity contribution is 5.20. The SMILES string of the molecule is c1ccc(Cc2cnc([C@@H]3CCCN3Cc3ccccc3)o2)cc1. The molecule has 0 spiro atoms. The minimum Gasteiger partial charge on any atom is -0.444 e. The molecule has 1 fully saturated rings. The van der Waals surface area contributed by atoms with Crippen molar-refractivity contribution < 1.29 is 4.42 Å². The molecule has 1 aliphatic heterocycles. The van der Waals surface area contributed by atoms with Crippen molar-refractivity contribution >= 4 is 0 Å². The van der Waals surface area contributed by atoms with Crippen LogP contribution in [0, 0.1) is 0 Å². The van der Waals surface area contributed by atoms with E-state index in [1.54, 1.807) is 0 Å². The Bertz CT molecular complexity index is 767. The molecule has 2 aromatic carbocycles. The second kappa shape index (κ2) is 7.02. The van der Waals surface area contributed by atoms with Crippen molar-refractivity contribution in [3.8, 4) is 0 Å². The topological polar surface area (TPSA) is 29.3 Å². The lowest BCUT2D eigenvalue weighted by atomic mass is 10.1. The van der Waals surface area contributed by atoms with Crippen LogP contribution < -0.4 is 0 Å². The molecule has 0 amide bonds. The standard InChI is InChI=1S/C21H22N2O/c1-3-8-17(9-4-1)14-19-15-22-21(24-19)20-12-7-13-23(20)16-18-10-5-2-6-11-18/h1-6,8-11,15,20H,7,12-14,16H2/t20-/m0/s1. The minimum absolute atomic E-state index is 0.301. The number of benzene rings is 2. The number of hydrogen-bond donors (Lipinski definition) is 0. The fourth-order valence-corrected chi connectivity index (χ4v) is 3.47. The first-order valence-corrected chi connectivity index (χ1v) is 8.65. The zero-order chi connectivity index (χ0) is 16.2. The van der Waals surface area contributed by atoms with Gasteiger partial charge in [-0.3, -0.25) is 4.90 Å². The average molecular weight is 318 g/mol.